The lowest BCUT2D eigenvalue weighted by molar-refractivity contribution is -0.0511. The summed E-state index contributed by atoms with van der Waals surface area (Å²) in [7, 11) is 0. The molecule has 0 radical (unpaired) electrons. The van der Waals surface area contributed by atoms with Crippen molar-refractivity contribution in [2.24, 2.45) is 0 Å². The van der Waals surface area contributed by atoms with Crippen LogP contribution in [0.5, 0.6) is 0 Å². The van der Waals surface area contributed by atoms with Gasteiger partial charge in [-0.1, -0.05) is 0 Å². The molecule has 0 spiro atoms. The van der Waals surface area contributed by atoms with E-state index in [1.54, 1.807) is 29.2 Å². The normalized spacial score (nSPS) is 25.1. The fourth-order valence-corrected chi connectivity index (χ4v) is 4.06. The number of amides is 1. The Kier molecular flexibility index (Phi) is 6.02. The largest absolute Gasteiger partial charge is 0.394 e. The third kappa shape index (κ3) is 4.03. The van der Waals surface area contributed by atoms with Gasteiger partial charge >= 0.3 is 0 Å². The molecule has 2 aromatic heterocycles. The maximum atomic E-state index is 12.6. The number of nitrogens with two attached hydrogens (primary N) is 1. The van der Waals surface area contributed by atoms with Gasteiger partial charge in [0.25, 0.3) is 5.91 Å². The van der Waals surface area contributed by atoms with Crippen LogP contribution < -0.4 is 11.1 Å². The monoisotopic (exact) mass is 471 g/mol. The molecule has 1 aromatic carbocycles. The fraction of sp³-hybridized carbons (Fsp3) is 0.429. The molecule has 0 aliphatic carbocycles. The van der Waals surface area contributed by atoms with E-state index in [4.69, 9.17) is 15.2 Å². The number of morpholine rings is 1. The predicted molar refractivity (Wildman–Crippen MR) is 119 cm³/mol. The number of aromatic nitrogens is 4. The lowest BCUT2D eigenvalue weighted by atomic mass is 10.1. The van der Waals surface area contributed by atoms with Gasteiger partial charge in [-0.3, -0.25) is 9.36 Å². The van der Waals surface area contributed by atoms with E-state index >= 15 is 0 Å². The van der Waals surface area contributed by atoms with Crippen LogP contribution in [-0.2, 0) is 9.47 Å². The van der Waals surface area contributed by atoms with E-state index in [-0.39, 0.29) is 23.3 Å². The number of aliphatic hydroxyl groups excluding tert-OH is 3. The molecular weight excluding hydrogens is 446 g/mol. The van der Waals surface area contributed by atoms with Crippen LogP contribution in [0.25, 0.3) is 11.2 Å². The molecule has 34 heavy (non-hydrogen) atoms. The topological polar surface area (TPSA) is 181 Å². The predicted octanol–water partition coefficient (Wildman–Crippen LogP) is -0.764. The Hall–Kier alpha value is -3.36. The average molecular weight is 471 g/mol. The molecule has 6 N–H and O–H groups in total. The summed E-state index contributed by atoms with van der Waals surface area (Å²) in [6.07, 6.45) is -3.12. The Labute approximate surface area is 193 Å². The number of fused-ring (bicyclic) bond motifs is 1. The first-order valence-corrected chi connectivity index (χ1v) is 10.8. The lowest BCUT2D eigenvalue weighted by Crippen LogP contribution is -2.40. The molecule has 0 saturated carbocycles. The van der Waals surface area contributed by atoms with Gasteiger partial charge in [0, 0.05) is 24.3 Å². The molecule has 2 aliphatic heterocycles. The van der Waals surface area contributed by atoms with E-state index in [1.807, 2.05) is 0 Å². The maximum Gasteiger partial charge on any atom is 0.254 e. The second-order valence-electron chi connectivity index (χ2n) is 8.09. The second-order valence-corrected chi connectivity index (χ2v) is 8.09. The number of imidazole rings is 1. The van der Waals surface area contributed by atoms with Gasteiger partial charge in [0.1, 0.15) is 23.8 Å². The quantitative estimate of drug-likeness (QED) is 0.315. The zero-order valence-electron chi connectivity index (χ0n) is 18.1. The molecule has 2 unspecified atom stereocenters. The molecule has 13 nitrogen and oxygen atoms in total. The molecule has 0 bridgehead atoms. The Morgan fingerprint density at radius 1 is 1.15 bits per heavy atom. The minimum Gasteiger partial charge on any atom is -0.394 e. The molecule has 180 valence electrons. The van der Waals surface area contributed by atoms with Gasteiger partial charge in [0.15, 0.2) is 17.7 Å². The van der Waals surface area contributed by atoms with Crippen LogP contribution in [-0.4, -0.2) is 96.9 Å². The van der Waals surface area contributed by atoms with E-state index in [9.17, 15) is 20.1 Å². The highest BCUT2D eigenvalue weighted by molar-refractivity contribution is 5.94. The molecule has 4 atom stereocenters. The van der Waals surface area contributed by atoms with Gasteiger partial charge in [-0.15, -0.1) is 0 Å². The van der Waals surface area contributed by atoms with Crippen LogP contribution in [0.1, 0.15) is 16.6 Å². The number of aliphatic hydroxyl groups is 3. The Morgan fingerprint density at radius 3 is 2.56 bits per heavy atom. The molecule has 13 heteroatoms. The van der Waals surface area contributed by atoms with Crippen molar-refractivity contribution >= 4 is 34.5 Å². The number of ether oxygens (including phenoxy) is 2. The summed E-state index contributed by atoms with van der Waals surface area (Å²) >= 11 is 0. The molecule has 2 aliphatic rings. The van der Waals surface area contributed by atoms with Crippen molar-refractivity contribution in [3.05, 3.63) is 36.2 Å². The maximum absolute atomic E-state index is 12.6. The fourth-order valence-electron chi connectivity index (χ4n) is 4.06. The van der Waals surface area contributed by atoms with Crippen molar-refractivity contribution in [3.8, 4) is 0 Å². The summed E-state index contributed by atoms with van der Waals surface area (Å²) in [4.78, 5) is 27.3. The summed E-state index contributed by atoms with van der Waals surface area (Å²) in [6, 6.07) is 6.90. The molecule has 4 heterocycles. The SMILES string of the molecule is Nc1nc(Nc2ccc(C(=O)N3CCOCC3)cc2)nc2c1ncn2[C@@H]1O[C@H](CO)C(O)C1O. The summed E-state index contributed by atoms with van der Waals surface area (Å²) in [6.45, 7) is 1.75. The molecular formula is C21H25N7O6. The van der Waals surface area contributed by atoms with Crippen LogP contribution in [0, 0.1) is 0 Å². The minimum absolute atomic E-state index is 0.0563. The van der Waals surface area contributed by atoms with E-state index in [2.05, 4.69) is 20.3 Å². The van der Waals surface area contributed by atoms with Gasteiger partial charge in [0.2, 0.25) is 5.95 Å². The average Bonchev–Trinajstić information content (AvgIpc) is 3.40. The van der Waals surface area contributed by atoms with Crippen molar-refractivity contribution in [1.82, 2.24) is 24.4 Å². The number of anilines is 3. The summed E-state index contributed by atoms with van der Waals surface area (Å²) in [5, 5.41) is 32.8. The van der Waals surface area contributed by atoms with Gasteiger partial charge in [-0.25, -0.2) is 4.98 Å². The number of carbonyl (C=O) groups excluding carboxylic acids is 1. The van der Waals surface area contributed by atoms with E-state index in [0.29, 0.717) is 43.1 Å². The zero-order valence-corrected chi connectivity index (χ0v) is 18.1. The van der Waals surface area contributed by atoms with Crippen molar-refractivity contribution in [2.45, 2.75) is 24.5 Å². The molecule has 1 amide bonds. The minimum atomic E-state index is -1.29. The highest BCUT2D eigenvalue weighted by Crippen LogP contribution is 2.32. The van der Waals surface area contributed by atoms with E-state index in [0.717, 1.165) is 0 Å². The number of benzene rings is 1. The number of nitrogens with one attached hydrogen (secondary N) is 1. The van der Waals surface area contributed by atoms with Crippen LogP contribution in [0.4, 0.5) is 17.5 Å². The highest BCUT2D eigenvalue weighted by Gasteiger charge is 2.44. The smallest absolute Gasteiger partial charge is 0.254 e. The second kappa shape index (κ2) is 9.12. The number of hydrogen-bond donors (Lipinski definition) is 5. The number of hydrogen-bond acceptors (Lipinski definition) is 11. The van der Waals surface area contributed by atoms with Gasteiger partial charge < -0.3 is 40.7 Å². The van der Waals surface area contributed by atoms with E-state index in [1.165, 1.54) is 10.9 Å². The van der Waals surface area contributed by atoms with Gasteiger partial charge in [-0.2, -0.15) is 9.97 Å². The molecule has 2 saturated heterocycles. The number of nitrogen functional groups attached to an aromatic ring is 1. The molecule has 3 aromatic rings. The van der Waals surface area contributed by atoms with Crippen molar-refractivity contribution < 1.29 is 29.6 Å². The summed E-state index contributed by atoms with van der Waals surface area (Å²) in [5.41, 5.74) is 7.84. The Balaban J connectivity index is 1.37. The number of nitrogens with zero attached hydrogens (tertiary/aromatic N) is 5. The van der Waals surface area contributed by atoms with Crippen molar-refractivity contribution in [2.75, 3.05) is 44.0 Å². The van der Waals surface area contributed by atoms with Crippen molar-refractivity contribution in [3.63, 3.8) is 0 Å². The zero-order chi connectivity index (χ0) is 23.8. The standard InChI is InChI=1S/C21H25N7O6/c22-17-14-18(28(10-23-14)20-16(31)15(30)13(9-29)34-20)26-21(25-17)24-12-3-1-11(2-4-12)19(32)27-5-7-33-8-6-27/h1-4,10,13,15-16,20,29-31H,5-9H2,(H3,22,24,25,26)/t13-,15?,16?,20-/m1/s1. The van der Waals surface area contributed by atoms with Crippen LogP contribution >= 0.6 is 0 Å². The third-order valence-electron chi connectivity index (χ3n) is 5.93. The number of carbonyl (C=O) groups is 1. The van der Waals surface area contributed by atoms with Crippen LogP contribution in [0.3, 0.4) is 0 Å². The first-order chi connectivity index (χ1) is 16.5. The highest BCUT2D eigenvalue weighted by atomic mass is 16.6. The first-order valence-electron chi connectivity index (χ1n) is 10.8. The van der Waals surface area contributed by atoms with Crippen LogP contribution in [0.2, 0.25) is 0 Å². The van der Waals surface area contributed by atoms with Crippen LogP contribution in [0.15, 0.2) is 30.6 Å². The Bertz CT molecular complexity index is 1180. The number of rotatable bonds is 5. The first kappa shape index (κ1) is 22.4. The Morgan fingerprint density at radius 2 is 1.88 bits per heavy atom. The van der Waals surface area contributed by atoms with Gasteiger partial charge in [0.05, 0.1) is 26.1 Å². The molecule has 2 fully saturated rings. The van der Waals surface area contributed by atoms with Crippen molar-refractivity contribution in [1.29, 1.82) is 0 Å². The molecule has 5 rings (SSSR count). The van der Waals surface area contributed by atoms with Gasteiger partial charge in [-0.05, 0) is 24.3 Å². The summed E-state index contributed by atoms with van der Waals surface area (Å²) < 4.78 is 12.3. The van der Waals surface area contributed by atoms with E-state index < -0.39 is 31.1 Å². The summed E-state index contributed by atoms with van der Waals surface area (Å²) in [5.74, 6) is 0.224. The lowest BCUT2D eigenvalue weighted by Gasteiger charge is -2.26. The third-order valence-corrected chi connectivity index (χ3v) is 5.93.